The van der Waals surface area contributed by atoms with Gasteiger partial charge in [-0.25, -0.2) is 0 Å². The third kappa shape index (κ3) is 2.35. The van der Waals surface area contributed by atoms with Crippen molar-refractivity contribution in [3.8, 4) is 0 Å². The molecule has 1 aromatic carbocycles. The third-order valence-electron chi connectivity index (χ3n) is 4.22. The van der Waals surface area contributed by atoms with Crippen LogP contribution in [0.1, 0.15) is 30.7 Å². The number of piperidine rings is 1. The van der Waals surface area contributed by atoms with Gasteiger partial charge in [-0.05, 0) is 30.2 Å². The molecule has 0 saturated carbocycles. The third-order valence-corrected chi connectivity index (χ3v) is 5.92. The number of hydrogen-bond acceptors (Lipinski definition) is 3. The van der Waals surface area contributed by atoms with Crippen LogP contribution in [0.15, 0.2) is 24.3 Å². The SMILES string of the molecule is O=C1CC2(CCCSC2)C(c2ccccc2Cl)C(=O)N1. The number of amides is 2. The van der Waals surface area contributed by atoms with Gasteiger partial charge >= 0.3 is 0 Å². The molecule has 5 heteroatoms. The molecule has 0 radical (unpaired) electrons. The molecule has 3 nitrogen and oxygen atoms in total. The van der Waals surface area contributed by atoms with Crippen molar-refractivity contribution in [3.63, 3.8) is 0 Å². The highest BCUT2D eigenvalue weighted by atomic mass is 35.5. The van der Waals surface area contributed by atoms with E-state index in [0.717, 1.165) is 29.9 Å². The summed E-state index contributed by atoms with van der Waals surface area (Å²) in [5.41, 5.74) is 0.578. The monoisotopic (exact) mass is 309 g/mol. The molecule has 2 unspecified atom stereocenters. The molecule has 20 heavy (non-hydrogen) atoms. The second-order valence-corrected chi connectivity index (χ2v) is 7.07. The standard InChI is InChI=1S/C15H16ClNO2S/c16-11-5-2-1-4-10(11)13-14(19)17-12(18)8-15(13)6-3-7-20-9-15/h1-2,4-5,13H,3,6-9H2,(H,17,18,19). The second kappa shape index (κ2) is 5.41. The summed E-state index contributed by atoms with van der Waals surface area (Å²) >= 11 is 8.12. The maximum Gasteiger partial charge on any atom is 0.234 e. The zero-order valence-electron chi connectivity index (χ0n) is 11.0. The van der Waals surface area contributed by atoms with Crippen LogP contribution in [-0.2, 0) is 9.59 Å². The van der Waals surface area contributed by atoms with Gasteiger partial charge in [0.2, 0.25) is 11.8 Å². The molecule has 1 spiro atoms. The Balaban J connectivity index is 2.06. The minimum atomic E-state index is -0.318. The lowest BCUT2D eigenvalue weighted by atomic mass is 9.66. The Morgan fingerprint density at radius 3 is 2.80 bits per heavy atom. The Morgan fingerprint density at radius 2 is 2.10 bits per heavy atom. The fourth-order valence-electron chi connectivity index (χ4n) is 3.37. The molecule has 2 aliphatic heterocycles. The van der Waals surface area contributed by atoms with Crippen molar-refractivity contribution in [1.82, 2.24) is 5.32 Å². The zero-order chi connectivity index (χ0) is 14.2. The summed E-state index contributed by atoms with van der Waals surface area (Å²) in [6.07, 6.45) is 2.38. The molecule has 2 aliphatic rings. The van der Waals surface area contributed by atoms with Gasteiger partial charge in [0.1, 0.15) is 0 Å². The molecule has 2 amide bonds. The van der Waals surface area contributed by atoms with Crippen LogP contribution < -0.4 is 5.32 Å². The van der Waals surface area contributed by atoms with Gasteiger partial charge in [-0.1, -0.05) is 29.8 Å². The van der Waals surface area contributed by atoms with E-state index in [1.807, 2.05) is 36.0 Å². The molecule has 2 atom stereocenters. The van der Waals surface area contributed by atoms with Crippen LogP contribution >= 0.6 is 23.4 Å². The summed E-state index contributed by atoms with van der Waals surface area (Å²) in [5.74, 6) is 1.29. The van der Waals surface area contributed by atoms with E-state index in [-0.39, 0.29) is 23.1 Å². The molecule has 2 fully saturated rings. The molecular formula is C15H16ClNO2S. The van der Waals surface area contributed by atoms with Crippen molar-refractivity contribution < 1.29 is 9.59 Å². The van der Waals surface area contributed by atoms with E-state index in [0.29, 0.717) is 11.4 Å². The van der Waals surface area contributed by atoms with Crippen LogP contribution in [0.3, 0.4) is 0 Å². The molecule has 2 saturated heterocycles. The van der Waals surface area contributed by atoms with Crippen molar-refractivity contribution in [1.29, 1.82) is 0 Å². The van der Waals surface area contributed by atoms with Gasteiger partial charge in [0.05, 0.1) is 5.92 Å². The normalized spacial score (nSPS) is 30.4. The highest BCUT2D eigenvalue weighted by Crippen LogP contribution is 2.51. The summed E-state index contributed by atoms with van der Waals surface area (Å²) < 4.78 is 0. The van der Waals surface area contributed by atoms with Gasteiger partial charge in [-0.15, -0.1) is 0 Å². The molecular weight excluding hydrogens is 294 g/mol. The highest BCUT2D eigenvalue weighted by molar-refractivity contribution is 7.99. The Labute approximate surface area is 127 Å². The van der Waals surface area contributed by atoms with Crippen LogP contribution in [0, 0.1) is 5.41 Å². The van der Waals surface area contributed by atoms with E-state index in [1.54, 1.807) is 0 Å². The second-order valence-electron chi connectivity index (χ2n) is 5.56. The fraction of sp³-hybridized carbons (Fsp3) is 0.467. The first-order valence-corrected chi connectivity index (χ1v) is 8.31. The maximum absolute atomic E-state index is 12.4. The summed E-state index contributed by atoms with van der Waals surface area (Å²) in [4.78, 5) is 24.3. The molecule has 0 aliphatic carbocycles. The average Bonchev–Trinajstić information content (AvgIpc) is 2.41. The molecule has 3 rings (SSSR count). The Morgan fingerprint density at radius 1 is 1.30 bits per heavy atom. The van der Waals surface area contributed by atoms with Crippen molar-refractivity contribution in [2.24, 2.45) is 5.41 Å². The number of nitrogens with one attached hydrogen (secondary N) is 1. The predicted molar refractivity (Wildman–Crippen MR) is 81.0 cm³/mol. The number of thioether (sulfide) groups is 1. The number of rotatable bonds is 1. The number of imide groups is 1. The van der Waals surface area contributed by atoms with Crippen LogP contribution in [0.5, 0.6) is 0 Å². The summed E-state index contributed by atoms with van der Waals surface area (Å²) in [6, 6.07) is 7.47. The lowest BCUT2D eigenvalue weighted by Crippen LogP contribution is -2.52. The number of hydrogen-bond donors (Lipinski definition) is 1. The minimum absolute atomic E-state index is 0.152. The van der Waals surface area contributed by atoms with Gasteiger partial charge in [0, 0.05) is 22.6 Å². The van der Waals surface area contributed by atoms with Crippen LogP contribution in [0.4, 0.5) is 0 Å². The quantitative estimate of drug-likeness (QED) is 0.811. The summed E-state index contributed by atoms with van der Waals surface area (Å²) in [6.45, 7) is 0. The van der Waals surface area contributed by atoms with E-state index >= 15 is 0 Å². The van der Waals surface area contributed by atoms with E-state index in [9.17, 15) is 9.59 Å². The maximum atomic E-state index is 12.4. The number of halogens is 1. The van der Waals surface area contributed by atoms with Crippen molar-refractivity contribution >= 4 is 35.2 Å². The van der Waals surface area contributed by atoms with Crippen LogP contribution in [0.2, 0.25) is 5.02 Å². The first kappa shape index (κ1) is 14.0. The Bertz CT molecular complexity index is 555. The van der Waals surface area contributed by atoms with E-state index in [1.165, 1.54) is 0 Å². The fourth-order valence-corrected chi connectivity index (χ4v) is 4.93. The molecule has 106 valence electrons. The van der Waals surface area contributed by atoms with Crippen LogP contribution in [-0.4, -0.2) is 23.3 Å². The largest absolute Gasteiger partial charge is 0.296 e. The minimum Gasteiger partial charge on any atom is -0.296 e. The van der Waals surface area contributed by atoms with Crippen molar-refractivity contribution in [2.75, 3.05) is 11.5 Å². The molecule has 0 bridgehead atoms. The van der Waals surface area contributed by atoms with Crippen LogP contribution in [0.25, 0.3) is 0 Å². The van der Waals surface area contributed by atoms with Gasteiger partial charge in [0.15, 0.2) is 0 Å². The van der Waals surface area contributed by atoms with Gasteiger partial charge in [-0.2, -0.15) is 11.8 Å². The highest BCUT2D eigenvalue weighted by Gasteiger charge is 2.50. The topological polar surface area (TPSA) is 46.2 Å². The van der Waals surface area contributed by atoms with Gasteiger partial charge in [-0.3, -0.25) is 14.9 Å². The first-order valence-electron chi connectivity index (χ1n) is 6.78. The average molecular weight is 310 g/mol. The van der Waals surface area contributed by atoms with Crippen molar-refractivity contribution in [2.45, 2.75) is 25.2 Å². The lowest BCUT2D eigenvalue weighted by Gasteiger charge is -2.45. The van der Waals surface area contributed by atoms with E-state index in [2.05, 4.69) is 5.32 Å². The molecule has 0 aromatic heterocycles. The number of carbonyl (C=O) groups excluding carboxylic acids is 2. The lowest BCUT2D eigenvalue weighted by molar-refractivity contribution is -0.139. The summed E-state index contributed by atoms with van der Waals surface area (Å²) in [5, 5.41) is 3.09. The number of benzene rings is 1. The summed E-state index contributed by atoms with van der Waals surface area (Å²) in [7, 11) is 0. The number of carbonyl (C=O) groups is 2. The zero-order valence-corrected chi connectivity index (χ0v) is 12.6. The smallest absolute Gasteiger partial charge is 0.234 e. The Kier molecular flexibility index (Phi) is 3.78. The first-order chi connectivity index (χ1) is 9.62. The Hall–Kier alpha value is -1.00. The van der Waals surface area contributed by atoms with Gasteiger partial charge in [0.25, 0.3) is 0 Å². The molecule has 1 aromatic rings. The van der Waals surface area contributed by atoms with E-state index < -0.39 is 0 Å². The van der Waals surface area contributed by atoms with Crippen molar-refractivity contribution in [3.05, 3.63) is 34.9 Å². The van der Waals surface area contributed by atoms with E-state index in [4.69, 9.17) is 11.6 Å². The predicted octanol–water partition coefficient (Wildman–Crippen LogP) is 2.98. The van der Waals surface area contributed by atoms with Gasteiger partial charge < -0.3 is 0 Å². The molecule has 2 heterocycles. The molecule has 1 N–H and O–H groups in total.